The van der Waals surface area contributed by atoms with Crippen LogP contribution in [-0.4, -0.2) is 45.2 Å². The summed E-state index contributed by atoms with van der Waals surface area (Å²) in [7, 11) is 4.04. The molecule has 0 radical (unpaired) electrons. The molecule has 1 N–H and O–H groups in total. The molecule has 0 aliphatic carbocycles. The Kier molecular flexibility index (Phi) is 6.26. The van der Waals surface area contributed by atoms with Crippen molar-refractivity contribution in [2.75, 3.05) is 40.3 Å². The molecule has 0 aliphatic rings. The Bertz CT molecular complexity index is 347. The number of hydrogen-bond acceptors (Lipinski definition) is 3. The highest BCUT2D eigenvalue weighted by Gasteiger charge is 2.01. The highest BCUT2D eigenvalue weighted by molar-refractivity contribution is 6.30. The van der Waals surface area contributed by atoms with Crippen molar-refractivity contribution in [1.82, 2.24) is 10.2 Å². The number of halogens is 2. The van der Waals surface area contributed by atoms with Crippen LogP contribution in [0.2, 0.25) is 5.02 Å². The number of nitrogens with zero attached hydrogens (tertiary/aromatic N) is 1. The molecule has 0 aliphatic heterocycles. The molecule has 0 bridgehead atoms. The van der Waals surface area contributed by atoms with Gasteiger partial charge in [-0.05, 0) is 26.2 Å². The van der Waals surface area contributed by atoms with E-state index in [1.54, 1.807) is 6.07 Å². The number of rotatable bonds is 7. The van der Waals surface area contributed by atoms with Crippen LogP contribution in [0.1, 0.15) is 0 Å². The van der Waals surface area contributed by atoms with Crippen molar-refractivity contribution in [3.63, 3.8) is 0 Å². The lowest BCUT2D eigenvalue weighted by Crippen LogP contribution is -2.29. The lowest BCUT2D eigenvalue weighted by Gasteiger charge is -2.11. The van der Waals surface area contributed by atoms with Gasteiger partial charge in [0.2, 0.25) is 0 Å². The summed E-state index contributed by atoms with van der Waals surface area (Å²) in [6, 6.07) is 4.44. The van der Waals surface area contributed by atoms with E-state index < -0.39 is 5.82 Å². The van der Waals surface area contributed by atoms with Crippen molar-refractivity contribution < 1.29 is 9.13 Å². The summed E-state index contributed by atoms with van der Waals surface area (Å²) in [6.45, 7) is 3.13. The Balaban J connectivity index is 2.16. The van der Waals surface area contributed by atoms with Gasteiger partial charge in [0, 0.05) is 25.7 Å². The molecule has 0 unspecified atom stereocenters. The first-order valence-electron chi connectivity index (χ1n) is 5.53. The third kappa shape index (κ3) is 5.86. The molecule has 0 spiro atoms. The van der Waals surface area contributed by atoms with Gasteiger partial charge in [-0.15, -0.1) is 0 Å². The quantitative estimate of drug-likeness (QED) is 0.759. The first-order chi connectivity index (χ1) is 8.09. The van der Waals surface area contributed by atoms with Crippen LogP contribution in [-0.2, 0) is 0 Å². The van der Waals surface area contributed by atoms with Crippen LogP contribution in [0.5, 0.6) is 5.75 Å². The number of likely N-dealkylation sites (N-methyl/N-ethyl adjacent to an activating group) is 1. The van der Waals surface area contributed by atoms with Crippen molar-refractivity contribution in [3.8, 4) is 5.75 Å². The van der Waals surface area contributed by atoms with Crippen LogP contribution in [0.15, 0.2) is 18.2 Å². The number of hydrogen-bond donors (Lipinski definition) is 1. The fraction of sp³-hybridized carbons (Fsp3) is 0.500. The highest BCUT2D eigenvalue weighted by Crippen LogP contribution is 2.19. The lowest BCUT2D eigenvalue weighted by atomic mass is 10.3. The van der Waals surface area contributed by atoms with Crippen LogP contribution in [0, 0.1) is 5.82 Å². The average Bonchev–Trinajstić information content (AvgIpc) is 2.27. The maximum absolute atomic E-state index is 13.1. The Labute approximate surface area is 107 Å². The summed E-state index contributed by atoms with van der Waals surface area (Å²) in [5, 5.41) is 3.34. The van der Waals surface area contributed by atoms with Gasteiger partial charge in [-0.1, -0.05) is 11.6 Å². The molecule has 0 saturated carbocycles. The van der Waals surface area contributed by atoms with Gasteiger partial charge in [-0.25, -0.2) is 4.39 Å². The molecule has 0 aromatic heterocycles. The van der Waals surface area contributed by atoms with E-state index in [0.717, 1.165) is 19.6 Å². The summed E-state index contributed by atoms with van der Waals surface area (Å²) in [5.41, 5.74) is 0. The molecule has 1 aromatic rings. The minimum atomic E-state index is -0.454. The fourth-order valence-corrected chi connectivity index (χ4v) is 1.35. The first kappa shape index (κ1) is 14.2. The molecule has 0 amide bonds. The Morgan fingerprint density at radius 3 is 2.76 bits per heavy atom. The van der Waals surface area contributed by atoms with E-state index in [1.165, 1.54) is 12.1 Å². The van der Waals surface area contributed by atoms with Crippen LogP contribution in [0.25, 0.3) is 0 Å². The molecular weight excluding hydrogens is 243 g/mol. The standard InChI is InChI=1S/C12H18ClFN2O/c1-16(2)7-5-15-6-8-17-10-3-4-11(13)12(14)9-10/h3-4,9,15H,5-8H2,1-2H3. The Hall–Kier alpha value is -0.840. The molecule has 0 saturated heterocycles. The molecule has 0 fully saturated rings. The van der Waals surface area contributed by atoms with E-state index in [-0.39, 0.29) is 5.02 Å². The molecule has 0 atom stereocenters. The molecule has 17 heavy (non-hydrogen) atoms. The SMILES string of the molecule is CN(C)CCNCCOc1ccc(Cl)c(F)c1. The Morgan fingerprint density at radius 2 is 2.12 bits per heavy atom. The van der Waals surface area contributed by atoms with Crippen molar-refractivity contribution in [3.05, 3.63) is 29.0 Å². The van der Waals surface area contributed by atoms with Crippen molar-refractivity contribution in [1.29, 1.82) is 0 Å². The van der Waals surface area contributed by atoms with Gasteiger partial charge in [-0.2, -0.15) is 0 Å². The molecular formula is C12H18ClFN2O. The van der Waals surface area contributed by atoms with Gasteiger partial charge < -0.3 is 15.0 Å². The summed E-state index contributed by atoms with van der Waals surface area (Å²) in [6.07, 6.45) is 0. The van der Waals surface area contributed by atoms with Gasteiger partial charge in [0.15, 0.2) is 0 Å². The van der Waals surface area contributed by atoms with E-state index in [0.29, 0.717) is 12.4 Å². The minimum Gasteiger partial charge on any atom is -0.492 e. The molecule has 0 heterocycles. The van der Waals surface area contributed by atoms with E-state index in [4.69, 9.17) is 16.3 Å². The van der Waals surface area contributed by atoms with Crippen molar-refractivity contribution in [2.24, 2.45) is 0 Å². The van der Waals surface area contributed by atoms with Gasteiger partial charge in [0.05, 0.1) is 5.02 Å². The third-order valence-electron chi connectivity index (χ3n) is 2.17. The van der Waals surface area contributed by atoms with Gasteiger partial charge in [0.25, 0.3) is 0 Å². The van der Waals surface area contributed by atoms with Gasteiger partial charge >= 0.3 is 0 Å². The zero-order valence-electron chi connectivity index (χ0n) is 10.2. The smallest absolute Gasteiger partial charge is 0.145 e. The summed E-state index contributed by atoms with van der Waals surface area (Å²) in [5.74, 6) is 0.0473. The van der Waals surface area contributed by atoms with Crippen LogP contribution >= 0.6 is 11.6 Å². The van der Waals surface area contributed by atoms with E-state index in [9.17, 15) is 4.39 Å². The maximum atomic E-state index is 13.1. The zero-order chi connectivity index (χ0) is 12.7. The normalized spacial score (nSPS) is 10.9. The largest absolute Gasteiger partial charge is 0.492 e. The molecule has 5 heteroatoms. The average molecular weight is 261 g/mol. The minimum absolute atomic E-state index is 0.112. The first-order valence-corrected chi connectivity index (χ1v) is 5.90. The lowest BCUT2D eigenvalue weighted by molar-refractivity contribution is 0.307. The van der Waals surface area contributed by atoms with Gasteiger partial charge in [-0.3, -0.25) is 0 Å². The van der Waals surface area contributed by atoms with E-state index >= 15 is 0 Å². The maximum Gasteiger partial charge on any atom is 0.145 e. The second-order valence-electron chi connectivity index (χ2n) is 3.98. The second kappa shape index (κ2) is 7.48. The topological polar surface area (TPSA) is 24.5 Å². The number of benzene rings is 1. The highest BCUT2D eigenvalue weighted by atomic mass is 35.5. The molecule has 96 valence electrons. The molecule has 3 nitrogen and oxygen atoms in total. The number of ether oxygens (including phenoxy) is 1. The van der Waals surface area contributed by atoms with E-state index in [2.05, 4.69) is 10.2 Å². The zero-order valence-corrected chi connectivity index (χ0v) is 10.9. The van der Waals surface area contributed by atoms with E-state index in [1.807, 2.05) is 14.1 Å². The summed E-state index contributed by atoms with van der Waals surface area (Å²) < 4.78 is 18.4. The molecule has 1 rings (SSSR count). The van der Waals surface area contributed by atoms with Crippen molar-refractivity contribution in [2.45, 2.75) is 0 Å². The van der Waals surface area contributed by atoms with Crippen LogP contribution in [0.4, 0.5) is 4.39 Å². The van der Waals surface area contributed by atoms with Crippen LogP contribution in [0.3, 0.4) is 0 Å². The summed E-state index contributed by atoms with van der Waals surface area (Å²) in [4.78, 5) is 2.10. The Morgan fingerprint density at radius 1 is 1.35 bits per heavy atom. The fourth-order valence-electron chi connectivity index (χ4n) is 1.24. The monoisotopic (exact) mass is 260 g/mol. The molecule has 1 aromatic carbocycles. The summed E-state index contributed by atoms with van der Waals surface area (Å²) >= 11 is 5.57. The van der Waals surface area contributed by atoms with Gasteiger partial charge in [0.1, 0.15) is 18.2 Å². The number of nitrogens with one attached hydrogen (secondary N) is 1. The third-order valence-corrected chi connectivity index (χ3v) is 2.48. The van der Waals surface area contributed by atoms with Crippen molar-refractivity contribution >= 4 is 11.6 Å². The predicted molar refractivity (Wildman–Crippen MR) is 68.3 cm³/mol. The predicted octanol–water partition coefficient (Wildman–Crippen LogP) is 2.01. The van der Waals surface area contributed by atoms with Crippen LogP contribution < -0.4 is 10.1 Å². The second-order valence-corrected chi connectivity index (χ2v) is 4.38.